The average molecular weight is 612 g/mol. The number of hydrogen-bond acceptors (Lipinski definition) is 1. The first kappa shape index (κ1) is 27.9. The molecule has 0 saturated heterocycles. The lowest BCUT2D eigenvalue weighted by atomic mass is 9.90. The molecule has 2 heteroatoms. The predicted octanol–water partition coefficient (Wildman–Crippen LogP) is 11.5. The Labute approximate surface area is 279 Å². The maximum Gasteiger partial charge on any atom is 0.237 e. The number of aromatic nitrogens is 2. The Kier molecular flexibility index (Phi) is 6.84. The molecule has 0 N–H and O–H groups in total. The molecule has 48 heavy (non-hydrogen) atoms. The Hall–Kier alpha value is -6.38. The van der Waals surface area contributed by atoms with E-state index in [1.165, 1.54) is 32.7 Å². The van der Waals surface area contributed by atoms with Crippen LogP contribution in [0.1, 0.15) is 0 Å². The van der Waals surface area contributed by atoms with Crippen LogP contribution in [0.2, 0.25) is 0 Å². The number of para-hydroxylation sites is 2. The van der Waals surface area contributed by atoms with E-state index in [-0.39, 0.29) is 0 Å². The maximum atomic E-state index is 5.34. The molecule has 1 heterocycles. The molecule has 0 spiro atoms. The van der Waals surface area contributed by atoms with Gasteiger partial charge in [-0.05, 0) is 62.0 Å². The smallest absolute Gasteiger partial charge is 0.235 e. The molecule has 9 aromatic rings. The molecule has 0 amide bonds. The highest BCUT2D eigenvalue weighted by atomic mass is 15.0. The fraction of sp³-hybridized carbons (Fsp3) is 0. The van der Waals surface area contributed by atoms with Crippen molar-refractivity contribution in [2.45, 2.75) is 0 Å². The van der Waals surface area contributed by atoms with Crippen LogP contribution in [0.3, 0.4) is 0 Å². The minimum Gasteiger partial charge on any atom is -0.235 e. The molecule has 0 atom stereocenters. The highest BCUT2D eigenvalue weighted by Gasteiger charge is 2.27. The van der Waals surface area contributed by atoms with Gasteiger partial charge in [-0.2, -0.15) is 4.57 Å². The van der Waals surface area contributed by atoms with Gasteiger partial charge in [0.2, 0.25) is 17.4 Å². The van der Waals surface area contributed by atoms with Crippen molar-refractivity contribution in [2.75, 3.05) is 0 Å². The molecule has 0 aliphatic rings. The molecule has 224 valence electrons. The zero-order valence-corrected chi connectivity index (χ0v) is 26.3. The van der Waals surface area contributed by atoms with Crippen LogP contribution in [0.25, 0.3) is 82.9 Å². The molecule has 0 unspecified atom stereocenters. The zero-order chi connectivity index (χ0) is 31.9. The number of hydrogen-bond donors (Lipinski definition) is 0. The SMILES string of the molecule is c1ccc(-c2cc(-c3ccccc3)c(-[n+]3cc(-c4cccc5ccc6ccccc6c45)nc4ccccc43)c(-c3ccccc3)c2)cc1. The summed E-state index contributed by atoms with van der Waals surface area (Å²) in [7, 11) is 0. The van der Waals surface area contributed by atoms with Crippen LogP contribution in [0, 0.1) is 0 Å². The van der Waals surface area contributed by atoms with Crippen molar-refractivity contribution in [3.63, 3.8) is 0 Å². The summed E-state index contributed by atoms with van der Waals surface area (Å²) in [5.41, 5.74) is 12.2. The summed E-state index contributed by atoms with van der Waals surface area (Å²) in [6.07, 6.45) is 2.25. The second-order valence-corrected chi connectivity index (χ2v) is 12.2. The van der Waals surface area contributed by atoms with Crippen molar-refractivity contribution < 1.29 is 4.57 Å². The lowest BCUT2D eigenvalue weighted by molar-refractivity contribution is -0.565. The van der Waals surface area contributed by atoms with Gasteiger partial charge < -0.3 is 0 Å². The summed E-state index contributed by atoms with van der Waals surface area (Å²) < 4.78 is 2.38. The Bertz CT molecular complexity index is 2530. The first-order chi connectivity index (χ1) is 23.8. The van der Waals surface area contributed by atoms with Crippen LogP contribution in [-0.2, 0) is 0 Å². The average Bonchev–Trinajstić information content (AvgIpc) is 3.17. The van der Waals surface area contributed by atoms with Gasteiger partial charge in [-0.3, -0.25) is 0 Å². The largest absolute Gasteiger partial charge is 0.237 e. The van der Waals surface area contributed by atoms with Crippen LogP contribution in [0.5, 0.6) is 0 Å². The van der Waals surface area contributed by atoms with Gasteiger partial charge in [0.05, 0.1) is 11.1 Å². The molecule has 0 saturated carbocycles. The Morgan fingerprint density at radius 3 is 1.67 bits per heavy atom. The van der Waals surface area contributed by atoms with E-state index in [0.29, 0.717) is 0 Å². The summed E-state index contributed by atoms with van der Waals surface area (Å²) in [5, 5.41) is 4.88. The summed E-state index contributed by atoms with van der Waals surface area (Å²) in [4.78, 5) is 5.34. The third-order valence-corrected chi connectivity index (χ3v) is 9.31. The zero-order valence-electron chi connectivity index (χ0n) is 26.3. The van der Waals surface area contributed by atoms with Gasteiger partial charge in [-0.25, -0.2) is 4.98 Å². The van der Waals surface area contributed by atoms with Gasteiger partial charge in [0, 0.05) is 11.6 Å². The number of rotatable bonds is 5. The predicted molar refractivity (Wildman–Crippen MR) is 200 cm³/mol. The number of fused-ring (bicyclic) bond motifs is 4. The number of benzene rings is 8. The van der Waals surface area contributed by atoms with Gasteiger partial charge in [0.1, 0.15) is 11.2 Å². The fourth-order valence-electron chi connectivity index (χ4n) is 7.07. The molecule has 0 aliphatic heterocycles. The standard InChI is InChI=1S/C46H31N2/c1-4-15-32(16-5-1)37-29-40(33-17-6-2-7-18-33)46(41(30-37)34-19-8-3-9-20-34)48-31-43(47-42-25-12-13-26-44(42)48)39-24-14-22-36-28-27-35-21-10-11-23-38(35)45(36)39/h1-31H/q+1. The summed E-state index contributed by atoms with van der Waals surface area (Å²) in [6, 6.07) is 65.0. The molecule has 2 nitrogen and oxygen atoms in total. The van der Waals surface area contributed by atoms with Gasteiger partial charge in [-0.1, -0.05) is 158 Å². The minimum absolute atomic E-state index is 0.931. The molecule has 9 rings (SSSR count). The van der Waals surface area contributed by atoms with Crippen LogP contribution in [0.4, 0.5) is 0 Å². The van der Waals surface area contributed by atoms with E-state index in [0.717, 1.165) is 50.2 Å². The van der Waals surface area contributed by atoms with Gasteiger partial charge in [-0.15, -0.1) is 0 Å². The van der Waals surface area contributed by atoms with Crippen LogP contribution in [-0.4, -0.2) is 4.98 Å². The van der Waals surface area contributed by atoms with Gasteiger partial charge >= 0.3 is 0 Å². The van der Waals surface area contributed by atoms with E-state index in [1.54, 1.807) is 0 Å². The Morgan fingerprint density at radius 2 is 0.958 bits per heavy atom. The van der Waals surface area contributed by atoms with Crippen LogP contribution in [0.15, 0.2) is 188 Å². The van der Waals surface area contributed by atoms with Gasteiger partial charge in [0.15, 0.2) is 0 Å². The molecule has 0 aliphatic carbocycles. The molecule has 0 radical (unpaired) electrons. The van der Waals surface area contributed by atoms with Gasteiger partial charge in [0.25, 0.3) is 0 Å². The molecular weight excluding hydrogens is 581 g/mol. The fourth-order valence-corrected chi connectivity index (χ4v) is 7.07. The van der Waals surface area contributed by atoms with E-state index in [1.807, 2.05) is 0 Å². The lowest BCUT2D eigenvalue weighted by Gasteiger charge is -2.16. The highest BCUT2D eigenvalue weighted by molar-refractivity contribution is 6.14. The Morgan fingerprint density at radius 1 is 0.396 bits per heavy atom. The molecule has 0 fully saturated rings. The van der Waals surface area contributed by atoms with Crippen molar-refractivity contribution >= 4 is 32.6 Å². The molecular formula is C46H31N2+. The maximum absolute atomic E-state index is 5.34. The minimum atomic E-state index is 0.931. The molecule has 0 bridgehead atoms. The third-order valence-electron chi connectivity index (χ3n) is 9.31. The van der Waals surface area contributed by atoms with Crippen molar-refractivity contribution in [1.82, 2.24) is 4.98 Å². The lowest BCUT2D eigenvalue weighted by Crippen LogP contribution is -2.34. The van der Waals surface area contributed by atoms with Crippen molar-refractivity contribution in [1.29, 1.82) is 0 Å². The normalized spacial score (nSPS) is 11.3. The van der Waals surface area contributed by atoms with E-state index < -0.39 is 0 Å². The first-order valence-electron chi connectivity index (χ1n) is 16.4. The second kappa shape index (κ2) is 11.8. The van der Waals surface area contributed by atoms with Crippen LogP contribution >= 0.6 is 0 Å². The first-order valence-corrected chi connectivity index (χ1v) is 16.4. The van der Waals surface area contributed by atoms with E-state index >= 15 is 0 Å². The molecule has 8 aromatic carbocycles. The molecule has 1 aromatic heterocycles. The van der Waals surface area contributed by atoms with E-state index in [9.17, 15) is 0 Å². The van der Waals surface area contributed by atoms with Crippen molar-refractivity contribution in [3.05, 3.63) is 188 Å². The van der Waals surface area contributed by atoms with Crippen molar-refractivity contribution in [2.24, 2.45) is 0 Å². The van der Waals surface area contributed by atoms with Crippen LogP contribution < -0.4 is 4.57 Å². The Balaban J connectivity index is 1.42. The van der Waals surface area contributed by atoms with E-state index in [2.05, 4.69) is 193 Å². The summed E-state index contributed by atoms with van der Waals surface area (Å²) >= 11 is 0. The number of nitrogens with zero attached hydrogens (tertiary/aromatic N) is 2. The third kappa shape index (κ3) is 4.83. The highest BCUT2D eigenvalue weighted by Crippen LogP contribution is 2.39. The van der Waals surface area contributed by atoms with E-state index in [4.69, 9.17) is 4.98 Å². The summed E-state index contributed by atoms with van der Waals surface area (Å²) in [6.45, 7) is 0. The monoisotopic (exact) mass is 611 g/mol. The summed E-state index contributed by atoms with van der Waals surface area (Å²) in [5.74, 6) is 0. The quantitative estimate of drug-likeness (QED) is 0.140. The van der Waals surface area contributed by atoms with Crippen molar-refractivity contribution in [3.8, 4) is 50.3 Å². The second-order valence-electron chi connectivity index (χ2n) is 12.2. The topological polar surface area (TPSA) is 16.8 Å².